The topological polar surface area (TPSA) is 43.8 Å². The molecular weight excluding hydrogens is 360 g/mol. The fourth-order valence-corrected chi connectivity index (χ4v) is 4.30. The molecule has 6 heteroatoms. The molecule has 0 amide bonds. The summed E-state index contributed by atoms with van der Waals surface area (Å²) in [6.45, 7) is 0.637. The molecule has 0 saturated carbocycles. The minimum Gasteiger partial charge on any atom is -0.493 e. The Morgan fingerprint density at radius 2 is 1.59 bits per heavy atom. The van der Waals surface area contributed by atoms with E-state index in [1.54, 1.807) is 33.1 Å². The molecule has 1 aliphatic rings. The third-order valence-electron chi connectivity index (χ3n) is 4.45. The van der Waals surface area contributed by atoms with Gasteiger partial charge in [-0.05, 0) is 42.0 Å². The fraction of sp³-hybridized carbons (Fsp3) is 0.190. The van der Waals surface area contributed by atoms with E-state index in [1.165, 1.54) is 4.90 Å². The predicted molar refractivity (Wildman–Crippen MR) is 107 cm³/mol. The van der Waals surface area contributed by atoms with Crippen LogP contribution < -0.4 is 19.1 Å². The first-order valence-corrected chi connectivity index (χ1v) is 9.35. The van der Waals surface area contributed by atoms with Crippen molar-refractivity contribution in [3.05, 3.63) is 60.3 Å². The lowest BCUT2D eigenvalue weighted by molar-refractivity contribution is 0.324. The molecule has 1 aliphatic heterocycles. The van der Waals surface area contributed by atoms with Gasteiger partial charge in [-0.15, -0.1) is 0 Å². The lowest BCUT2D eigenvalue weighted by Crippen LogP contribution is -2.21. The molecule has 0 fully saturated rings. The van der Waals surface area contributed by atoms with Crippen LogP contribution in [0.2, 0.25) is 0 Å². The summed E-state index contributed by atoms with van der Waals surface area (Å²) in [7, 11) is 4.87. The molecule has 2 heterocycles. The second kappa shape index (κ2) is 7.40. The number of hydrogen-bond donors (Lipinski definition) is 0. The number of ether oxygens (including phenoxy) is 3. The molecule has 0 unspecified atom stereocenters. The number of nitrogens with zero attached hydrogens (tertiary/aromatic N) is 2. The Hall–Kier alpha value is -2.86. The van der Waals surface area contributed by atoms with Gasteiger partial charge < -0.3 is 19.1 Å². The summed E-state index contributed by atoms with van der Waals surface area (Å²) in [6.07, 6.45) is 1.83. The molecule has 0 bridgehead atoms. The van der Waals surface area contributed by atoms with Gasteiger partial charge in [0.15, 0.2) is 11.5 Å². The average molecular weight is 380 g/mol. The monoisotopic (exact) mass is 380 g/mol. The Labute approximate surface area is 162 Å². The Morgan fingerprint density at radius 3 is 2.30 bits per heavy atom. The van der Waals surface area contributed by atoms with Crippen LogP contribution in [0.1, 0.15) is 5.56 Å². The van der Waals surface area contributed by atoms with Crippen LogP contribution in [0, 0.1) is 0 Å². The second-order valence-corrected chi connectivity index (χ2v) is 7.10. The normalized spacial score (nSPS) is 12.2. The molecule has 0 N–H and O–H groups in total. The van der Waals surface area contributed by atoms with Crippen LogP contribution in [0.5, 0.6) is 17.2 Å². The average Bonchev–Trinajstić information content (AvgIpc) is 2.72. The van der Waals surface area contributed by atoms with Crippen LogP contribution in [0.25, 0.3) is 0 Å². The fourth-order valence-electron chi connectivity index (χ4n) is 3.23. The number of hydrogen-bond acceptors (Lipinski definition) is 6. The lowest BCUT2D eigenvalue weighted by Gasteiger charge is -2.31. The van der Waals surface area contributed by atoms with Crippen molar-refractivity contribution in [1.29, 1.82) is 0 Å². The van der Waals surface area contributed by atoms with Gasteiger partial charge in [-0.2, -0.15) is 0 Å². The Kier molecular flexibility index (Phi) is 4.81. The molecule has 2 aromatic carbocycles. The van der Waals surface area contributed by atoms with Crippen molar-refractivity contribution in [3.8, 4) is 17.2 Å². The Morgan fingerprint density at radius 1 is 0.889 bits per heavy atom. The molecule has 0 radical (unpaired) electrons. The number of methoxy groups -OCH3 is 3. The summed E-state index contributed by atoms with van der Waals surface area (Å²) in [5.74, 6) is 2.84. The van der Waals surface area contributed by atoms with E-state index in [-0.39, 0.29) is 0 Å². The molecule has 138 valence electrons. The van der Waals surface area contributed by atoms with E-state index < -0.39 is 0 Å². The van der Waals surface area contributed by atoms with E-state index in [0.717, 1.165) is 22.0 Å². The van der Waals surface area contributed by atoms with Gasteiger partial charge in [0.2, 0.25) is 5.75 Å². The molecule has 0 atom stereocenters. The summed E-state index contributed by atoms with van der Waals surface area (Å²) < 4.78 is 16.4. The van der Waals surface area contributed by atoms with Crippen LogP contribution in [0.4, 0.5) is 11.5 Å². The minimum atomic E-state index is 0.594. The first-order valence-electron chi connectivity index (χ1n) is 8.53. The highest BCUT2D eigenvalue weighted by molar-refractivity contribution is 7.99. The van der Waals surface area contributed by atoms with Gasteiger partial charge in [0.25, 0.3) is 0 Å². The van der Waals surface area contributed by atoms with Crippen molar-refractivity contribution >= 4 is 23.3 Å². The van der Waals surface area contributed by atoms with Crippen molar-refractivity contribution in [2.75, 3.05) is 26.2 Å². The van der Waals surface area contributed by atoms with Crippen molar-refractivity contribution in [1.82, 2.24) is 4.98 Å². The Bertz CT molecular complexity index is 907. The molecule has 27 heavy (non-hydrogen) atoms. The minimum absolute atomic E-state index is 0.594. The third-order valence-corrected chi connectivity index (χ3v) is 5.55. The van der Waals surface area contributed by atoms with Crippen LogP contribution >= 0.6 is 11.8 Å². The van der Waals surface area contributed by atoms with E-state index in [9.17, 15) is 0 Å². The van der Waals surface area contributed by atoms with Crippen LogP contribution in [0.3, 0.4) is 0 Å². The highest BCUT2D eigenvalue weighted by Crippen LogP contribution is 2.48. The van der Waals surface area contributed by atoms with Gasteiger partial charge in [0.05, 0.1) is 31.9 Å². The highest BCUT2D eigenvalue weighted by atomic mass is 32.2. The van der Waals surface area contributed by atoms with Crippen molar-refractivity contribution in [3.63, 3.8) is 0 Å². The summed E-state index contributed by atoms with van der Waals surface area (Å²) in [5, 5.41) is 0. The molecular formula is C21H20N2O3S. The summed E-state index contributed by atoms with van der Waals surface area (Å²) in [6, 6.07) is 16.4. The number of aromatic nitrogens is 1. The Balaban J connectivity index is 1.79. The van der Waals surface area contributed by atoms with Gasteiger partial charge in [0.1, 0.15) is 5.82 Å². The van der Waals surface area contributed by atoms with E-state index in [1.807, 2.05) is 24.4 Å². The number of pyridine rings is 1. The van der Waals surface area contributed by atoms with Crippen LogP contribution in [-0.4, -0.2) is 26.3 Å². The summed E-state index contributed by atoms with van der Waals surface area (Å²) >= 11 is 1.74. The second-order valence-electron chi connectivity index (χ2n) is 6.01. The number of rotatable bonds is 5. The number of anilines is 2. The summed E-state index contributed by atoms with van der Waals surface area (Å²) in [5.41, 5.74) is 2.19. The van der Waals surface area contributed by atoms with Crippen LogP contribution in [0.15, 0.2) is 64.5 Å². The third kappa shape index (κ3) is 3.17. The zero-order valence-electron chi connectivity index (χ0n) is 15.4. The highest BCUT2D eigenvalue weighted by Gasteiger charge is 2.25. The number of para-hydroxylation sites is 1. The first-order chi connectivity index (χ1) is 13.2. The molecule has 1 aromatic heterocycles. The molecule has 5 nitrogen and oxygen atoms in total. The maximum atomic E-state index is 5.50. The van der Waals surface area contributed by atoms with Crippen molar-refractivity contribution in [2.45, 2.75) is 16.3 Å². The lowest BCUT2D eigenvalue weighted by atomic mass is 10.1. The zero-order chi connectivity index (χ0) is 18.8. The van der Waals surface area contributed by atoms with Gasteiger partial charge in [-0.3, -0.25) is 0 Å². The van der Waals surface area contributed by atoms with E-state index in [0.29, 0.717) is 23.8 Å². The first kappa shape index (κ1) is 17.5. The smallest absolute Gasteiger partial charge is 0.203 e. The SMILES string of the molecule is COc1cc(CN2c3ccccc3Sc3cccnc32)cc(OC)c1OC. The predicted octanol–water partition coefficient (Wildman–Crippen LogP) is 4.91. The zero-order valence-corrected chi connectivity index (χ0v) is 16.2. The van der Waals surface area contributed by atoms with Crippen molar-refractivity contribution in [2.24, 2.45) is 0 Å². The van der Waals surface area contributed by atoms with Gasteiger partial charge in [-0.25, -0.2) is 4.98 Å². The van der Waals surface area contributed by atoms with Gasteiger partial charge in [-0.1, -0.05) is 23.9 Å². The molecule has 3 aromatic rings. The number of benzene rings is 2. The maximum absolute atomic E-state index is 5.50. The summed E-state index contributed by atoms with van der Waals surface area (Å²) in [4.78, 5) is 9.21. The van der Waals surface area contributed by atoms with E-state index in [2.05, 4.69) is 40.2 Å². The maximum Gasteiger partial charge on any atom is 0.203 e. The van der Waals surface area contributed by atoms with E-state index >= 15 is 0 Å². The largest absolute Gasteiger partial charge is 0.493 e. The van der Waals surface area contributed by atoms with E-state index in [4.69, 9.17) is 14.2 Å². The standard InChI is InChI=1S/C21H20N2O3S/c1-24-16-11-14(12-17(25-2)20(16)26-3)13-23-15-7-4-5-8-18(15)27-19-9-6-10-22-21(19)23/h4-12H,13H2,1-3H3. The molecule has 0 aliphatic carbocycles. The van der Waals surface area contributed by atoms with Gasteiger partial charge in [0, 0.05) is 17.6 Å². The molecule has 0 saturated heterocycles. The van der Waals surface area contributed by atoms with Gasteiger partial charge >= 0.3 is 0 Å². The molecule has 4 rings (SSSR count). The van der Waals surface area contributed by atoms with Crippen LogP contribution in [-0.2, 0) is 6.54 Å². The molecule has 0 spiro atoms. The quantitative estimate of drug-likeness (QED) is 0.627. The number of fused-ring (bicyclic) bond motifs is 2. The van der Waals surface area contributed by atoms with Crippen molar-refractivity contribution < 1.29 is 14.2 Å².